The van der Waals surface area contributed by atoms with Gasteiger partial charge in [-0.05, 0) is 39.8 Å². The average molecular weight is 264 g/mol. The van der Waals surface area contributed by atoms with Crippen molar-refractivity contribution >= 4 is 11.3 Å². The van der Waals surface area contributed by atoms with Gasteiger partial charge in [0.2, 0.25) is 0 Å². The van der Waals surface area contributed by atoms with Crippen molar-refractivity contribution in [2.45, 2.75) is 39.8 Å². The lowest BCUT2D eigenvalue weighted by Crippen LogP contribution is -2.21. The van der Waals surface area contributed by atoms with Gasteiger partial charge in [-0.1, -0.05) is 0 Å². The standard InChI is InChI=1S/C13H20N4S/c1-10(13-11(2)16-12(3)18-13)14-6-4-8-17-9-5-7-15-17/h5,7,9-10,14H,4,6,8H2,1-3H3. The first-order chi connectivity index (χ1) is 8.66. The van der Waals surface area contributed by atoms with Gasteiger partial charge in [-0.25, -0.2) is 4.98 Å². The third-order valence-corrected chi connectivity index (χ3v) is 4.16. The zero-order chi connectivity index (χ0) is 13.0. The predicted molar refractivity (Wildman–Crippen MR) is 74.8 cm³/mol. The van der Waals surface area contributed by atoms with Crippen LogP contribution >= 0.6 is 11.3 Å². The highest BCUT2D eigenvalue weighted by Crippen LogP contribution is 2.24. The van der Waals surface area contributed by atoms with Crippen LogP contribution in [0, 0.1) is 13.8 Å². The third kappa shape index (κ3) is 3.40. The molecule has 0 aromatic carbocycles. The molecule has 0 saturated carbocycles. The molecule has 18 heavy (non-hydrogen) atoms. The Morgan fingerprint density at radius 3 is 2.89 bits per heavy atom. The number of aromatic nitrogens is 3. The zero-order valence-corrected chi connectivity index (χ0v) is 12.0. The molecule has 5 heteroatoms. The summed E-state index contributed by atoms with van der Waals surface area (Å²) in [6.07, 6.45) is 4.91. The van der Waals surface area contributed by atoms with Gasteiger partial charge in [0.05, 0.1) is 10.7 Å². The third-order valence-electron chi connectivity index (χ3n) is 2.91. The Bertz CT molecular complexity index is 475. The van der Waals surface area contributed by atoms with Crippen molar-refractivity contribution in [2.24, 2.45) is 0 Å². The average Bonchev–Trinajstić information content (AvgIpc) is 2.94. The topological polar surface area (TPSA) is 42.7 Å². The first kappa shape index (κ1) is 13.2. The molecule has 0 aliphatic heterocycles. The predicted octanol–water partition coefficient (Wildman–Crippen LogP) is 2.70. The smallest absolute Gasteiger partial charge is 0.0900 e. The van der Waals surface area contributed by atoms with E-state index in [1.165, 1.54) is 4.88 Å². The number of nitrogens with one attached hydrogen (secondary N) is 1. The Balaban J connectivity index is 1.75. The first-order valence-corrected chi connectivity index (χ1v) is 7.13. The molecule has 0 radical (unpaired) electrons. The van der Waals surface area contributed by atoms with Crippen LogP contribution in [0.3, 0.4) is 0 Å². The Kier molecular flexibility index (Phi) is 4.49. The van der Waals surface area contributed by atoms with Crippen LogP contribution < -0.4 is 5.32 Å². The van der Waals surface area contributed by atoms with Gasteiger partial charge in [0.1, 0.15) is 0 Å². The summed E-state index contributed by atoms with van der Waals surface area (Å²) in [5.74, 6) is 0. The number of hydrogen-bond acceptors (Lipinski definition) is 4. The maximum absolute atomic E-state index is 4.47. The lowest BCUT2D eigenvalue weighted by molar-refractivity contribution is 0.509. The van der Waals surface area contributed by atoms with Gasteiger partial charge in [-0.15, -0.1) is 11.3 Å². The Morgan fingerprint density at radius 2 is 2.28 bits per heavy atom. The van der Waals surface area contributed by atoms with Gasteiger partial charge < -0.3 is 5.32 Å². The molecule has 0 bridgehead atoms. The molecule has 0 fully saturated rings. The summed E-state index contributed by atoms with van der Waals surface area (Å²) in [7, 11) is 0. The molecule has 0 spiro atoms. The summed E-state index contributed by atoms with van der Waals surface area (Å²) in [5, 5.41) is 8.88. The van der Waals surface area contributed by atoms with Crippen LogP contribution in [-0.2, 0) is 6.54 Å². The van der Waals surface area contributed by atoms with Gasteiger partial charge in [0.25, 0.3) is 0 Å². The minimum absolute atomic E-state index is 0.383. The van der Waals surface area contributed by atoms with Crippen LogP contribution in [0.2, 0.25) is 0 Å². The maximum Gasteiger partial charge on any atom is 0.0900 e. The first-order valence-electron chi connectivity index (χ1n) is 6.31. The number of rotatable bonds is 6. The van der Waals surface area contributed by atoms with Crippen molar-refractivity contribution < 1.29 is 0 Å². The maximum atomic E-state index is 4.47. The minimum atomic E-state index is 0.383. The van der Waals surface area contributed by atoms with Gasteiger partial charge in [0.15, 0.2) is 0 Å². The largest absolute Gasteiger partial charge is 0.309 e. The summed E-state index contributed by atoms with van der Waals surface area (Å²) in [4.78, 5) is 5.82. The van der Waals surface area contributed by atoms with Crippen LogP contribution in [0.1, 0.15) is 35.0 Å². The minimum Gasteiger partial charge on any atom is -0.309 e. The molecule has 2 rings (SSSR count). The van der Waals surface area contributed by atoms with E-state index in [0.717, 1.165) is 30.2 Å². The van der Waals surface area contributed by atoms with E-state index in [1.807, 2.05) is 23.1 Å². The summed E-state index contributed by atoms with van der Waals surface area (Å²) in [6, 6.07) is 2.34. The van der Waals surface area contributed by atoms with E-state index in [2.05, 4.69) is 36.2 Å². The molecule has 4 nitrogen and oxygen atoms in total. The van der Waals surface area contributed by atoms with E-state index in [0.29, 0.717) is 6.04 Å². The number of nitrogens with zero attached hydrogens (tertiary/aromatic N) is 3. The molecule has 1 N–H and O–H groups in total. The molecular weight excluding hydrogens is 244 g/mol. The lowest BCUT2D eigenvalue weighted by Gasteiger charge is -2.12. The van der Waals surface area contributed by atoms with Crippen molar-refractivity contribution in [3.05, 3.63) is 34.0 Å². The second-order valence-electron chi connectivity index (χ2n) is 4.48. The second-order valence-corrected chi connectivity index (χ2v) is 5.72. The molecule has 2 heterocycles. The monoisotopic (exact) mass is 264 g/mol. The van der Waals surface area contributed by atoms with Gasteiger partial charge in [-0.2, -0.15) is 5.10 Å². The summed E-state index contributed by atoms with van der Waals surface area (Å²) >= 11 is 1.79. The molecule has 2 aromatic rings. The van der Waals surface area contributed by atoms with E-state index in [1.54, 1.807) is 11.3 Å². The van der Waals surface area contributed by atoms with Crippen molar-refractivity contribution in [1.29, 1.82) is 0 Å². The Morgan fingerprint density at radius 1 is 1.44 bits per heavy atom. The SMILES string of the molecule is Cc1nc(C)c(C(C)NCCCn2cccn2)s1. The van der Waals surface area contributed by atoms with E-state index in [4.69, 9.17) is 0 Å². The molecule has 1 atom stereocenters. The fourth-order valence-electron chi connectivity index (χ4n) is 2.03. The molecule has 0 amide bonds. The fraction of sp³-hybridized carbons (Fsp3) is 0.538. The lowest BCUT2D eigenvalue weighted by atomic mass is 10.2. The highest BCUT2D eigenvalue weighted by molar-refractivity contribution is 7.11. The molecule has 0 aliphatic carbocycles. The van der Waals surface area contributed by atoms with Gasteiger partial charge >= 0.3 is 0 Å². The second kappa shape index (κ2) is 6.11. The molecule has 0 aliphatic rings. The van der Waals surface area contributed by atoms with Crippen LogP contribution in [0.5, 0.6) is 0 Å². The molecular formula is C13H20N4S. The zero-order valence-electron chi connectivity index (χ0n) is 11.2. The van der Waals surface area contributed by atoms with Gasteiger partial charge in [-0.3, -0.25) is 4.68 Å². The van der Waals surface area contributed by atoms with E-state index < -0.39 is 0 Å². The van der Waals surface area contributed by atoms with Crippen LogP contribution in [0.25, 0.3) is 0 Å². The van der Waals surface area contributed by atoms with E-state index >= 15 is 0 Å². The quantitative estimate of drug-likeness (QED) is 0.816. The fourth-order valence-corrected chi connectivity index (χ4v) is 2.99. The highest BCUT2D eigenvalue weighted by atomic mass is 32.1. The van der Waals surface area contributed by atoms with Crippen LogP contribution in [0.15, 0.2) is 18.5 Å². The van der Waals surface area contributed by atoms with E-state index in [-0.39, 0.29) is 0 Å². The molecule has 2 aromatic heterocycles. The van der Waals surface area contributed by atoms with Crippen molar-refractivity contribution in [2.75, 3.05) is 6.54 Å². The van der Waals surface area contributed by atoms with Crippen molar-refractivity contribution in [1.82, 2.24) is 20.1 Å². The Labute approximate surface area is 112 Å². The normalized spacial score (nSPS) is 12.8. The van der Waals surface area contributed by atoms with Crippen LogP contribution in [-0.4, -0.2) is 21.3 Å². The van der Waals surface area contributed by atoms with Crippen molar-refractivity contribution in [3.63, 3.8) is 0 Å². The van der Waals surface area contributed by atoms with Crippen molar-refractivity contribution in [3.8, 4) is 0 Å². The summed E-state index contributed by atoms with van der Waals surface area (Å²) in [6.45, 7) is 8.31. The molecule has 0 saturated heterocycles. The van der Waals surface area contributed by atoms with Crippen LogP contribution in [0.4, 0.5) is 0 Å². The molecule has 1 unspecified atom stereocenters. The Hall–Kier alpha value is -1.20. The number of hydrogen-bond donors (Lipinski definition) is 1. The number of aryl methyl sites for hydroxylation is 3. The van der Waals surface area contributed by atoms with Gasteiger partial charge in [0, 0.05) is 29.9 Å². The summed E-state index contributed by atoms with van der Waals surface area (Å²) in [5.41, 5.74) is 1.16. The molecule has 98 valence electrons. The van der Waals surface area contributed by atoms with E-state index in [9.17, 15) is 0 Å². The summed E-state index contributed by atoms with van der Waals surface area (Å²) < 4.78 is 1.97. The highest BCUT2D eigenvalue weighted by Gasteiger charge is 2.11. The number of thiazole rings is 1.